The Kier molecular flexibility index (Phi) is 7.76. The van der Waals surface area contributed by atoms with Crippen molar-refractivity contribution < 1.29 is 23.2 Å². The van der Waals surface area contributed by atoms with Gasteiger partial charge in [0.25, 0.3) is 5.91 Å². The fraction of sp³-hybridized carbons (Fsp3) is 0.280. The zero-order valence-electron chi connectivity index (χ0n) is 19.3. The Balaban J connectivity index is 1.52. The number of carbonyl (C=O) groups excluding carboxylic acids is 3. The van der Waals surface area contributed by atoms with Gasteiger partial charge in [-0.05, 0) is 36.2 Å². The summed E-state index contributed by atoms with van der Waals surface area (Å²) in [5, 5.41) is 12.9. The lowest BCUT2D eigenvalue weighted by Gasteiger charge is -2.37. The zero-order valence-corrected chi connectivity index (χ0v) is 20.1. The molecule has 1 aliphatic heterocycles. The van der Waals surface area contributed by atoms with Gasteiger partial charge in [-0.15, -0.1) is 0 Å². The molecule has 0 bridgehead atoms. The first kappa shape index (κ1) is 25.5. The smallest absolute Gasteiger partial charge is 0.251 e. The molecule has 2 aromatic carbocycles. The van der Waals surface area contributed by atoms with Crippen molar-refractivity contribution >= 4 is 29.8 Å². The minimum absolute atomic E-state index is 0.0254. The van der Waals surface area contributed by atoms with Crippen molar-refractivity contribution in [1.82, 2.24) is 25.7 Å². The monoisotopic (exact) mass is 515 g/mol. The Morgan fingerprint density at radius 1 is 1.19 bits per heavy atom. The molecule has 0 aliphatic carbocycles. The van der Waals surface area contributed by atoms with Crippen LogP contribution in [0.3, 0.4) is 0 Å². The van der Waals surface area contributed by atoms with Crippen molar-refractivity contribution in [3.8, 4) is 11.3 Å². The number of carbonyl (C=O) groups is 3. The standard InChI is InChI=1S/C25H24ClF2N5O3/c1-33-24(19(26)11-31-33)14-2-4-15(5-3-14)25(36)32-22-12-29-17(10-23(35)30-13-34)9-18(22)16-6-7-20(27)21(28)8-16/h2-8,11,13,17-18,22,29H,9-10,12H2,1H3,(H,32,36)(H,30,34,35)/t17?,18-,22+/m0/s1. The number of hydrogen-bond acceptors (Lipinski definition) is 5. The van der Waals surface area contributed by atoms with E-state index in [9.17, 15) is 23.2 Å². The number of hydrogen-bond donors (Lipinski definition) is 3. The van der Waals surface area contributed by atoms with E-state index in [0.717, 1.165) is 23.4 Å². The summed E-state index contributed by atoms with van der Waals surface area (Å²) < 4.78 is 29.2. The Bertz CT molecular complexity index is 1260. The molecule has 1 aromatic heterocycles. The number of halogens is 3. The van der Waals surface area contributed by atoms with Crippen LogP contribution in [0.15, 0.2) is 48.7 Å². The molecule has 0 radical (unpaired) electrons. The van der Waals surface area contributed by atoms with Crippen LogP contribution in [0.1, 0.15) is 34.7 Å². The lowest BCUT2D eigenvalue weighted by molar-refractivity contribution is -0.125. The maximum absolute atomic E-state index is 14.0. The average molecular weight is 516 g/mol. The Morgan fingerprint density at radius 3 is 2.58 bits per heavy atom. The summed E-state index contributed by atoms with van der Waals surface area (Å²) >= 11 is 6.20. The van der Waals surface area contributed by atoms with Crippen LogP contribution < -0.4 is 16.0 Å². The van der Waals surface area contributed by atoms with Gasteiger partial charge in [0.2, 0.25) is 12.3 Å². The summed E-state index contributed by atoms with van der Waals surface area (Å²) in [7, 11) is 1.77. The van der Waals surface area contributed by atoms with Gasteiger partial charge < -0.3 is 10.6 Å². The quantitative estimate of drug-likeness (QED) is 0.420. The maximum Gasteiger partial charge on any atom is 0.251 e. The van der Waals surface area contributed by atoms with E-state index in [1.807, 2.05) is 0 Å². The second-order valence-corrected chi connectivity index (χ2v) is 9.04. The topological polar surface area (TPSA) is 105 Å². The van der Waals surface area contributed by atoms with Crippen LogP contribution in [0.2, 0.25) is 5.02 Å². The Hall–Kier alpha value is -3.63. The SMILES string of the molecule is Cn1ncc(Cl)c1-c1ccc(C(=O)N[C@@H]2CNC(CC(=O)NC=O)C[C@H]2c2ccc(F)c(F)c2)cc1. The molecule has 1 fully saturated rings. The highest BCUT2D eigenvalue weighted by Gasteiger charge is 2.34. The predicted octanol–water partition coefficient (Wildman–Crippen LogP) is 2.93. The number of nitrogens with one attached hydrogen (secondary N) is 3. The van der Waals surface area contributed by atoms with Gasteiger partial charge in [0.1, 0.15) is 0 Å². The number of aromatic nitrogens is 2. The molecular weight excluding hydrogens is 492 g/mol. The van der Waals surface area contributed by atoms with Gasteiger partial charge in [-0.3, -0.25) is 24.4 Å². The molecule has 1 aliphatic rings. The number of rotatable bonds is 7. The zero-order chi connectivity index (χ0) is 25.8. The average Bonchev–Trinajstić information content (AvgIpc) is 3.19. The first-order chi connectivity index (χ1) is 17.3. The van der Waals surface area contributed by atoms with E-state index in [-0.39, 0.29) is 24.9 Å². The predicted molar refractivity (Wildman–Crippen MR) is 129 cm³/mol. The summed E-state index contributed by atoms with van der Waals surface area (Å²) in [6.07, 6.45) is 2.24. The van der Waals surface area contributed by atoms with Crippen LogP contribution in [-0.2, 0) is 16.6 Å². The van der Waals surface area contributed by atoms with E-state index in [1.54, 1.807) is 42.2 Å². The largest absolute Gasteiger partial charge is 0.347 e. The summed E-state index contributed by atoms with van der Waals surface area (Å²) in [5.74, 6) is -3.15. The number of nitrogens with zero attached hydrogens (tertiary/aromatic N) is 2. The molecule has 3 atom stereocenters. The molecule has 3 amide bonds. The minimum atomic E-state index is -0.990. The number of imide groups is 1. The lowest BCUT2D eigenvalue weighted by atomic mass is 9.81. The number of piperidine rings is 1. The highest BCUT2D eigenvalue weighted by Crippen LogP contribution is 2.31. The number of amides is 3. The summed E-state index contributed by atoms with van der Waals surface area (Å²) in [6.45, 7) is 0.289. The minimum Gasteiger partial charge on any atom is -0.347 e. The van der Waals surface area contributed by atoms with Crippen LogP contribution in [0.25, 0.3) is 11.3 Å². The molecule has 0 spiro atoms. The fourth-order valence-electron chi connectivity index (χ4n) is 4.52. The van der Waals surface area contributed by atoms with Crippen LogP contribution in [0, 0.1) is 11.6 Å². The molecule has 1 saturated heterocycles. The van der Waals surface area contributed by atoms with Gasteiger partial charge in [-0.25, -0.2) is 8.78 Å². The molecule has 188 valence electrons. The molecule has 2 heterocycles. The highest BCUT2D eigenvalue weighted by molar-refractivity contribution is 6.33. The molecule has 3 aromatic rings. The van der Waals surface area contributed by atoms with Gasteiger partial charge in [-0.1, -0.05) is 29.8 Å². The van der Waals surface area contributed by atoms with Crippen molar-refractivity contribution in [1.29, 1.82) is 0 Å². The van der Waals surface area contributed by atoms with E-state index in [0.29, 0.717) is 29.0 Å². The van der Waals surface area contributed by atoms with Crippen LogP contribution in [0.5, 0.6) is 0 Å². The van der Waals surface area contributed by atoms with Crippen molar-refractivity contribution in [2.24, 2.45) is 7.05 Å². The van der Waals surface area contributed by atoms with Gasteiger partial charge in [0.15, 0.2) is 11.6 Å². The highest BCUT2D eigenvalue weighted by atomic mass is 35.5. The van der Waals surface area contributed by atoms with Crippen LogP contribution >= 0.6 is 11.6 Å². The van der Waals surface area contributed by atoms with E-state index in [1.165, 1.54) is 6.07 Å². The van der Waals surface area contributed by atoms with E-state index >= 15 is 0 Å². The van der Waals surface area contributed by atoms with Crippen LogP contribution in [0.4, 0.5) is 8.78 Å². The molecule has 8 nitrogen and oxygen atoms in total. The molecule has 36 heavy (non-hydrogen) atoms. The maximum atomic E-state index is 14.0. The van der Waals surface area contributed by atoms with Crippen molar-refractivity contribution in [2.75, 3.05) is 6.54 Å². The van der Waals surface area contributed by atoms with E-state index in [2.05, 4.69) is 21.0 Å². The van der Waals surface area contributed by atoms with Gasteiger partial charge in [0, 0.05) is 49.1 Å². The van der Waals surface area contributed by atoms with E-state index in [4.69, 9.17) is 11.6 Å². The second kappa shape index (κ2) is 11.0. The summed E-state index contributed by atoms with van der Waals surface area (Å²) in [6, 6.07) is 9.73. The third-order valence-electron chi connectivity index (χ3n) is 6.31. The Labute approximate surface area is 211 Å². The van der Waals surface area contributed by atoms with Gasteiger partial charge in [-0.2, -0.15) is 5.10 Å². The fourth-order valence-corrected chi connectivity index (χ4v) is 4.80. The van der Waals surface area contributed by atoms with E-state index < -0.39 is 29.5 Å². The molecule has 3 N–H and O–H groups in total. The van der Waals surface area contributed by atoms with Crippen molar-refractivity contribution in [3.63, 3.8) is 0 Å². The summed E-state index contributed by atoms with van der Waals surface area (Å²) in [5.41, 5.74) is 2.44. The second-order valence-electron chi connectivity index (χ2n) is 8.63. The first-order valence-corrected chi connectivity index (χ1v) is 11.6. The summed E-state index contributed by atoms with van der Waals surface area (Å²) in [4.78, 5) is 35.5. The molecule has 11 heteroatoms. The molecule has 1 unspecified atom stereocenters. The van der Waals surface area contributed by atoms with Crippen LogP contribution in [-0.4, -0.2) is 46.6 Å². The normalized spacial score (nSPS) is 19.5. The van der Waals surface area contributed by atoms with Gasteiger partial charge >= 0.3 is 0 Å². The molecular formula is C25H24ClF2N5O3. The molecule has 0 saturated carbocycles. The van der Waals surface area contributed by atoms with Crippen molar-refractivity contribution in [3.05, 3.63) is 76.4 Å². The lowest BCUT2D eigenvalue weighted by Crippen LogP contribution is -2.54. The van der Waals surface area contributed by atoms with Gasteiger partial charge in [0.05, 0.1) is 16.9 Å². The number of aryl methyl sites for hydroxylation is 1. The van der Waals surface area contributed by atoms with Crippen molar-refractivity contribution in [2.45, 2.75) is 30.8 Å². The third-order valence-corrected chi connectivity index (χ3v) is 6.58. The number of benzene rings is 2. The molecule has 4 rings (SSSR count). The third kappa shape index (κ3) is 5.60. The first-order valence-electron chi connectivity index (χ1n) is 11.3. The Morgan fingerprint density at radius 2 is 1.94 bits per heavy atom.